The molecule has 90 valence electrons. The van der Waals surface area contributed by atoms with Crippen LogP contribution < -0.4 is 0 Å². The van der Waals surface area contributed by atoms with Crippen LogP contribution in [-0.4, -0.2) is 21.9 Å². The molecule has 0 amide bonds. The lowest BCUT2D eigenvalue weighted by molar-refractivity contribution is 0.476. The standard InChI is InChI=1S/C15H14N2O/c1-3-8-16-13-6-5-11-12-9-10(18)4-7-14(12)17(2)15(11)13/h1,4,7,9,18H,5-6,8H2,2H3/b16-13+. The van der Waals surface area contributed by atoms with E-state index in [0.29, 0.717) is 12.3 Å². The van der Waals surface area contributed by atoms with Crippen molar-refractivity contribution in [3.63, 3.8) is 0 Å². The maximum absolute atomic E-state index is 9.61. The van der Waals surface area contributed by atoms with E-state index < -0.39 is 0 Å². The van der Waals surface area contributed by atoms with Crippen LogP contribution in [0.15, 0.2) is 23.2 Å². The largest absolute Gasteiger partial charge is 0.508 e. The van der Waals surface area contributed by atoms with Crippen molar-refractivity contribution >= 4 is 16.6 Å². The molecule has 0 unspecified atom stereocenters. The van der Waals surface area contributed by atoms with Crippen LogP contribution in [0.1, 0.15) is 17.7 Å². The van der Waals surface area contributed by atoms with Crippen LogP contribution in [0.2, 0.25) is 0 Å². The van der Waals surface area contributed by atoms with Gasteiger partial charge in [0.1, 0.15) is 5.75 Å². The Morgan fingerprint density at radius 2 is 2.28 bits per heavy atom. The Kier molecular flexibility index (Phi) is 2.38. The van der Waals surface area contributed by atoms with Crippen molar-refractivity contribution in [2.24, 2.45) is 12.0 Å². The lowest BCUT2D eigenvalue weighted by Gasteiger charge is -2.03. The lowest BCUT2D eigenvalue weighted by atomic mass is 10.1. The summed E-state index contributed by atoms with van der Waals surface area (Å²) < 4.78 is 2.15. The maximum atomic E-state index is 9.61. The number of terminal acetylenes is 1. The van der Waals surface area contributed by atoms with E-state index in [1.165, 1.54) is 11.3 Å². The molecule has 0 atom stereocenters. The van der Waals surface area contributed by atoms with Gasteiger partial charge in [-0.3, -0.25) is 4.99 Å². The minimum absolute atomic E-state index is 0.310. The zero-order valence-electron chi connectivity index (χ0n) is 10.3. The number of hydrogen-bond acceptors (Lipinski definition) is 2. The van der Waals surface area contributed by atoms with Crippen molar-refractivity contribution in [2.45, 2.75) is 12.8 Å². The van der Waals surface area contributed by atoms with Crippen LogP contribution in [-0.2, 0) is 13.5 Å². The van der Waals surface area contributed by atoms with Crippen LogP contribution >= 0.6 is 0 Å². The first-order valence-corrected chi connectivity index (χ1v) is 6.00. The van der Waals surface area contributed by atoms with Gasteiger partial charge in [0.25, 0.3) is 0 Å². The predicted octanol–water partition coefficient (Wildman–Crippen LogP) is 2.25. The summed E-state index contributed by atoms with van der Waals surface area (Å²) in [6, 6.07) is 5.50. The van der Waals surface area contributed by atoms with Crippen LogP contribution in [0.4, 0.5) is 0 Å². The topological polar surface area (TPSA) is 37.5 Å². The monoisotopic (exact) mass is 238 g/mol. The smallest absolute Gasteiger partial charge is 0.116 e. The van der Waals surface area contributed by atoms with Gasteiger partial charge in [0.05, 0.1) is 18.0 Å². The normalized spacial score (nSPS) is 16.1. The number of aromatic nitrogens is 1. The highest BCUT2D eigenvalue weighted by molar-refractivity contribution is 6.09. The second kappa shape index (κ2) is 3.92. The fourth-order valence-corrected chi connectivity index (χ4v) is 2.79. The molecule has 1 heterocycles. The Bertz CT molecular complexity index is 701. The van der Waals surface area contributed by atoms with Crippen molar-refractivity contribution < 1.29 is 5.11 Å². The Morgan fingerprint density at radius 3 is 3.06 bits per heavy atom. The number of aromatic hydroxyl groups is 1. The number of phenols is 1. The molecule has 1 aliphatic rings. The molecule has 0 fully saturated rings. The van der Waals surface area contributed by atoms with Gasteiger partial charge >= 0.3 is 0 Å². The molecule has 2 aromatic rings. The third-order valence-corrected chi connectivity index (χ3v) is 3.53. The highest BCUT2D eigenvalue weighted by Crippen LogP contribution is 2.34. The minimum Gasteiger partial charge on any atom is -0.508 e. The number of fused-ring (bicyclic) bond motifs is 3. The van der Waals surface area contributed by atoms with Gasteiger partial charge in [-0.15, -0.1) is 6.42 Å². The molecule has 3 nitrogen and oxygen atoms in total. The molecule has 0 aliphatic heterocycles. The van der Waals surface area contributed by atoms with Crippen LogP contribution in [0.5, 0.6) is 5.75 Å². The van der Waals surface area contributed by atoms with E-state index in [4.69, 9.17) is 6.42 Å². The first kappa shape index (κ1) is 10.9. The Labute approximate surface area is 106 Å². The average Bonchev–Trinajstić information content (AvgIpc) is 2.88. The number of nitrogens with zero attached hydrogens (tertiary/aromatic N) is 2. The summed E-state index contributed by atoms with van der Waals surface area (Å²) in [5.41, 5.74) is 4.66. The Morgan fingerprint density at radius 1 is 1.44 bits per heavy atom. The highest BCUT2D eigenvalue weighted by Gasteiger charge is 2.25. The number of aliphatic imine (C=N–C) groups is 1. The van der Waals surface area contributed by atoms with E-state index in [9.17, 15) is 5.11 Å². The third kappa shape index (κ3) is 1.42. The van der Waals surface area contributed by atoms with Gasteiger partial charge < -0.3 is 9.67 Å². The second-order valence-electron chi connectivity index (χ2n) is 4.55. The Hall–Kier alpha value is -2.21. The van der Waals surface area contributed by atoms with Crippen LogP contribution in [0.3, 0.4) is 0 Å². The van der Waals surface area contributed by atoms with Crippen LogP contribution in [0.25, 0.3) is 10.9 Å². The summed E-state index contributed by atoms with van der Waals surface area (Å²) in [7, 11) is 2.04. The van der Waals surface area contributed by atoms with Crippen LogP contribution in [0, 0.1) is 12.3 Å². The number of benzene rings is 1. The van der Waals surface area contributed by atoms with Gasteiger partial charge in [-0.1, -0.05) is 5.92 Å². The van der Waals surface area contributed by atoms with Gasteiger partial charge in [-0.2, -0.15) is 0 Å². The van der Waals surface area contributed by atoms with E-state index in [1.807, 2.05) is 19.2 Å². The quantitative estimate of drug-likeness (QED) is 0.760. The summed E-state index contributed by atoms with van der Waals surface area (Å²) in [6.07, 6.45) is 7.17. The average molecular weight is 238 g/mol. The van der Waals surface area contributed by atoms with Crippen molar-refractivity contribution in [3.05, 3.63) is 29.5 Å². The minimum atomic E-state index is 0.310. The number of aryl methyl sites for hydroxylation is 2. The van der Waals surface area contributed by atoms with Gasteiger partial charge in [0.2, 0.25) is 0 Å². The summed E-state index contributed by atoms with van der Waals surface area (Å²) >= 11 is 0. The Balaban J connectivity index is 2.26. The molecule has 1 N–H and O–H groups in total. The summed E-state index contributed by atoms with van der Waals surface area (Å²) in [4.78, 5) is 4.46. The molecule has 1 aromatic carbocycles. The molecule has 1 aromatic heterocycles. The number of hydrogen-bond donors (Lipinski definition) is 1. The van der Waals surface area contributed by atoms with Crippen molar-refractivity contribution in [2.75, 3.05) is 6.54 Å². The fraction of sp³-hybridized carbons (Fsp3) is 0.267. The molecule has 3 rings (SSSR count). The zero-order valence-corrected chi connectivity index (χ0v) is 10.3. The zero-order chi connectivity index (χ0) is 12.7. The summed E-state index contributed by atoms with van der Waals surface area (Å²) in [5, 5.41) is 10.7. The first-order valence-electron chi connectivity index (χ1n) is 6.00. The molecule has 1 aliphatic carbocycles. The molecule has 0 bridgehead atoms. The molecule has 0 radical (unpaired) electrons. The van der Waals surface area contributed by atoms with Crippen molar-refractivity contribution in [3.8, 4) is 18.1 Å². The van der Waals surface area contributed by atoms with Crippen molar-refractivity contribution in [1.29, 1.82) is 0 Å². The third-order valence-electron chi connectivity index (χ3n) is 3.53. The van der Waals surface area contributed by atoms with Gasteiger partial charge in [0.15, 0.2) is 0 Å². The van der Waals surface area contributed by atoms with Crippen molar-refractivity contribution in [1.82, 2.24) is 4.57 Å². The van der Waals surface area contributed by atoms with Gasteiger partial charge in [-0.25, -0.2) is 0 Å². The van der Waals surface area contributed by atoms with E-state index in [1.54, 1.807) is 6.07 Å². The van der Waals surface area contributed by atoms with Gasteiger partial charge in [-0.05, 0) is 36.6 Å². The van der Waals surface area contributed by atoms with E-state index in [-0.39, 0.29) is 0 Å². The van der Waals surface area contributed by atoms with E-state index >= 15 is 0 Å². The van der Waals surface area contributed by atoms with Gasteiger partial charge in [0, 0.05) is 18.0 Å². The maximum Gasteiger partial charge on any atom is 0.116 e. The summed E-state index contributed by atoms with van der Waals surface area (Å²) in [6.45, 7) is 0.432. The number of rotatable bonds is 1. The SMILES string of the molecule is C#CC/N=C1\CCc2c1n(C)c1ccc(O)cc21. The lowest BCUT2D eigenvalue weighted by Crippen LogP contribution is -2.03. The fourth-order valence-electron chi connectivity index (χ4n) is 2.79. The molecule has 18 heavy (non-hydrogen) atoms. The molecule has 0 spiro atoms. The highest BCUT2D eigenvalue weighted by atomic mass is 16.3. The first-order chi connectivity index (χ1) is 8.72. The molecule has 0 saturated carbocycles. The molecule has 3 heteroatoms. The predicted molar refractivity (Wildman–Crippen MR) is 73.1 cm³/mol. The molecule has 0 saturated heterocycles. The van der Waals surface area contributed by atoms with E-state index in [0.717, 1.165) is 29.5 Å². The molecular weight excluding hydrogens is 224 g/mol. The van der Waals surface area contributed by atoms with E-state index in [2.05, 4.69) is 15.5 Å². The number of phenolic OH excluding ortho intramolecular Hbond substituents is 1. The second-order valence-corrected chi connectivity index (χ2v) is 4.55. The molecular formula is C15H14N2O. The summed E-state index contributed by atoms with van der Waals surface area (Å²) in [5.74, 6) is 2.86.